The minimum atomic E-state index is -0.540. The first kappa shape index (κ1) is 18.7. The molecule has 1 saturated heterocycles. The van der Waals surface area contributed by atoms with Crippen LogP contribution in [0.15, 0.2) is 22.7 Å². The molecular weight excluding hydrogens is 356 g/mol. The highest BCUT2D eigenvalue weighted by molar-refractivity contribution is 6.33. The standard InChI is InChI=1S/C16H17ClFN3O2.ClH/c1-9-13(16(22)20-10-5-7-19-8-6-10)15(21-23-9)14-11(17)3-2-4-12(14)18;/h2-4,10,19H,5-8H2,1H3,(H,20,22);1H. The molecule has 2 N–H and O–H groups in total. The van der Waals surface area contributed by atoms with Gasteiger partial charge in [-0.25, -0.2) is 4.39 Å². The van der Waals surface area contributed by atoms with Gasteiger partial charge in [-0.3, -0.25) is 4.79 Å². The van der Waals surface area contributed by atoms with Gasteiger partial charge in [0.2, 0.25) is 0 Å². The molecule has 0 saturated carbocycles. The van der Waals surface area contributed by atoms with E-state index in [0.29, 0.717) is 5.76 Å². The third kappa shape index (κ3) is 3.71. The Morgan fingerprint density at radius 1 is 1.42 bits per heavy atom. The zero-order valence-corrected chi connectivity index (χ0v) is 14.6. The van der Waals surface area contributed by atoms with E-state index in [1.807, 2.05) is 0 Å². The topological polar surface area (TPSA) is 67.2 Å². The van der Waals surface area contributed by atoms with Crippen LogP contribution < -0.4 is 10.6 Å². The highest BCUT2D eigenvalue weighted by atomic mass is 35.5. The summed E-state index contributed by atoms with van der Waals surface area (Å²) in [5, 5.41) is 10.2. The lowest BCUT2D eigenvalue weighted by atomic mass is 10.0. The van der Waals surface area contributed by atoms with Gasteiger partial charge in [-0.1, -0.05) is 22.8 Å². The average Bonchev–Trinajstić information content (AvgIpc) is 2.90. The number of aryl methyl sites for hydroxylation is 1. The van der Waals surface area contributed by atoms with Crippen molar-refractivity contribution < 1.29 is 13.7 Å². The quantitative estimate of drug-likeness (QED) is 0.865. The Morgan fingerprint density at radius 3 is 2.79 bits per heavy atom. The molecule has 1 amide bonds. The number of hydrogen-bond donors (Lipinski definition) is 2. The van der Waals surface area contributed by atoms with Crippen LogP contribution in [-0.4, -0.2) is 30.2 Å². The first-order valence-corrected chi connectivity index (χ1v) is 7.88. The molecular formula is C16H18Cl2FN3O2. The van der Waals surface area contributed by atoms with Crippen LogP contribution in [0.2, 0.25) is 5.02 Å². The predicted octanol–water partition coefficient (Wildman–Crippen LogP) is 3.35. The van der Waals surface area contributed by atoms with Crippen molar-refractivity contribution in [1.82, 2.24) is 15.8 Å². The van der Waals surface area contributed by atoms with E-state index in [1.165, 1.54) is 12.1 Å². The third-order valence-electron chi connectivity index (χ3n) is 3.96. The molecule has 130 valence electrons. The van der Waals surface area contributed by atoms with Crippen molar-refractivity contribution in [2.75, 3.05) is 13.1 Å². The average molecular weight is 374 g/mol. The Hall–Kier alpha value is -1.63. The zero-order valence-electron chi connectivity index (χ0n) is 13.1. The highest BCUT2D eigenvalue weighted by Crippen LogP contribution is 2.33. The van der Waals surface area contributed by atoms with Gasteiger partial charge in [-0.2, -0.15) is 0 Å². The summed E-state index contributed by atoms with van der Waals surface area (Å²) in [6.45, 7) is 3.35. The number of halogens is 3. The fraction of sp³-hybridized carbons (Fsp3) is 0.375. The van der Waals surface area contributed by atoms with E-state index in [0.717, 1.165) is 25.9 Å². The molecule has 1 aliphatic rings. The summed E-state index contributed by atoms with van der Waals surface area (Å²) in [6.07, 6.45) is 1.71. The normalized spacial score (nSPS) is 15.0. The number of amides is 1. The number of nitrogens with zero attached hydrogens (tertiary/aromatic N) is 1. The summed E-state index contributed by atoms with van der Waals surface area (Å²) in [5.41, 5.74) is 0.453. The Labute approximate surface area is 150 Å². The van der Waals surface area contributed by atoms with E-state index < -0.39 is 5.82 Å². The maximum atomic E-state index is 14.1. The Morgan fingerprint density at radius 2 is 2.12 bits per heavy atom. The minimum Gasteiger partial charge on any atom is -0.360 e. The van der Waals surface area contributed by atoms with E-state index in [9.17, 15) is 9.18 Å². The number of rotatable bonds is 3. The summed E-state index contributed by atoms with van der Waals surface area (Å²) in [6, 6.07) is 4.42. The lowest BCUT2D eigenvalue weighted by Crippen LogP contribution is -2.42. The number of benzene rings is 1. The summed E-state index contributed by atoms with van der Waals surface area (Å²) < 4.78 is 19.3. The van der Waals surface area contributed by atoms with Gasteiger partial charge in [0.15, 0.2) is 0 Å². The van der Waals surface area contributed by atoms with Crippen molar-refractivity contribution in [3.8, 4) is 11.3 Å². The number of piperidine rings is 1. The second-order valence-corrected chi connectivity index (χ2v) is 5.96. The molecule has 2 aromatic rings. The fourth-order valence-electron chi connectivity index (χ4n) is 2.76. The molecule has 0 unspecified atom stereocenters. The van der Waals surface area contributed by atoms with Gasteiger partial charge < -0.3 is 15.2 Å². The van der Waals surface area contributed by atoms with E-state index in [4.69, 9.17) is 16.1 Å². The van der Waals surface area contributed by atoms with Gasteiger partial charge in [0.05, 0.1) is 10.6 Å². The van der Waals surface area contributed by atoms with Crippen LogP contribution in [0.5, 0.6) is 0 Å². The van der Waals surface area contributed by atoms with E-state index in [-0.39, 0.29) is 46.2 Å². The second-order valence-electron chi connectivity index (χ2n) is 5.56. The maximum absolute atomic E-state index is 14.1. The van der Waals surface area contributed by atoms with Crippen molar-refractivity contribution >= 4 is 29.9 Å². The number of carbonyl (C=O) groups is 1. The van der Waals surface area contributed by atoms with Crippen LogP contribution in [0.25, 0.3) is 11.3 Å². The molecule has 1 fully saturated rings. The summed E-state index contributed by atoms with van der Waals surface area (Å²) >= 11 is 6.08. The smallest absolute Gasteiger partial charge is 0.257 e. The van der Waals surface area contributed by atoms with Crippen LogP contribution in [-0.2, 0) is 0 Å². The van der Waals surface area contributed by atoms with Gasteiger partial charge in [0.25, 0.3) is 5.91 Å². The number of carbonyl (C=O) groups excluding carboxylic acids is 1. The van der Waals surface area contributed by atoms with E-state index in [1.54, 1.807) is 13.0 Å². The van der Waals surface area contributed by atoms with Gasteiger partial charge in [0.1, 0.15) is 22.8 Å². The largest absolute Gasteiger partial charge is 0.360 e. The molecule has 0 bridgehead atoms. The molecule has 1 aliphatic heterocycles. The number of aromatic nitrogens is 1. The van der Waals surface area contributed by atoms with Crippen LogP contribution in [0.4, 0.5) is 4.39 Å². The summed E-state index contributed by atoms with van der Waals surface area (Å²) in [7, 11) is 0. The van der Waals surface area contributed by atoms with Crippen molar-refractivity contribution in [3.05, 3.63) is 40.4 Å². The summed E-state index contributed by atoms with van der Waals surface area (Å²) in [5.74, 6) is -0.516. The number of nitrogens with one attached hydrogen (secondary N) is 2. The molecule has 8 heteroatoms. The molecule has 3 rings (SSSR count). The van der Waals surface area contributed by atoms with Crippen LogP contribution >= 0.6 is 24.0 Å². The molecule has 5 nitrogen and oxygen atoms in total. The molecule has 0 aliphatic carbocycles. The molecule has 0 atom stereocenters. The van der Waals surface area contributed by atoms with E-state index >= 15 is 0 Å². The monoisotopic (exact) mass is 373 g/mol. The van der Waals surface area contributed by atoms with Gasteiger partial charge >= 0.3 is 0 Å². The fourth-order valence-corrected chi connectivity index (χ4v) is 3.01. The van der Waals surface area contributed by atoms with Crippen LogP contribution in [0, 0.1) is 12.7 Å². The molecule has 24 heavy (non-hydrogen) atoms. The first-order chi connectivity index (χ1) is 11.1. The van der Waals surface area contributed by atoms with Gasteiger partial charge in [0, 0.05) is 6.04 Å². The van der Waals surface area contributed by atoms with Gasteiger partial charge in [-0.05, 0) is 45.0 Å². The zero-order chi connectivity index (χ0) is 16.4. The lowest BCUT2D eigenvalue weighted by molar-refractivity contribution is 0.0928. The number of hydrogen-bond acceptors (Lipinski definition) is 4. The first-order valence-electron chi connectivity index (χ1n) is 7.50. The molecule has 0 radical (unpaired) electrons. The van der Waals surface area contributed by atoms with Crippen LogP contribution in [0.1, 0.15) is 29.0 Å². The van der Waals surface area contributed by atoms with E-state index in [2.05, 4.69) is 15.8 Å². The summed E-state index contributed by atoms with van der Waals surface area (Å²) in [4.78, 5) is 12.6. The van der Waals surface area contributed by atoms with Crippen molar-refractivity contribution in [2.45, 2.75) is 25.8 Å². The minimum absolute atomic E-state index is 0. The SMILES string of the molecule is Cc1onc(-c2c(F)cccc2Cl)c1C(=O)NC1CCNCC1.Cl. The second kappa shape index (κ2) is 7.96. The molecule has 1 aromatic heterocycles. The maximum Gasteiger partial charge on any atom is 0.257 e. The molecule has 1 aromatic carbocycles. The Bertz CT molecular complexity index is 710. The molecule has 0 spiro atoms. The van der Waals surface area contributed by atoms with Gasteiger partial charge in [-0.15, -0.1) is 12.4 Å². The Kier molecular flexibility index (Phi) is 6.21. The molecule has 2 heterocycles. The van der Waals surface area contributed by atoms with Crippen LogP contribution in [0.3, 0.4) is 0 Å². The predicted molar refractivity (Wildman–Crippen MR) is 92.2 cm³/mol. The third-order valence-corrected chi connectivity index (χ3v) is 4.28. The Balaban J connectivity index is 0.00000208. The van der Waals surface area contributed by atoms with Crippen molar-refractivity contribution in [1.29, 1.82) is 0 Å². The van der Waals surface area contributed by atoms with Crippen molar-refractivity contribution in [3.63, 3.8) is 0 Å². The lowest BCUT2D eigenvalue weighted by Gasteiger charge is -2.23. The van der Waals surface area contributed by atoms with Crippen molar-refractivity contribution in [2.24, 2.45) is 0 Å². The highest BCUT2D eigenvalue weighted by Gasteiger charge is 2.27.